The van der Waals surface area contributed by atoms with E-state index in [9.17, 15) is 14.0 Å². The van der Waals surface area contributed by atoms with Gasteiger partial charge in [0.25, 0.3) is 5.91 Å². The van der Waals surface area contributed by atoms with Crippen molar-refractivity contribution in [1.82, 2.24) is 10.2 Å². The minimum atomic E-state index is -0.502. The quantitative estimate of drug-likeness (QED) is 0.560. The summed E-state index contributed by atoms with van der Waals surface area (Å²) in [4.78, 5) is 27.8. The van der Waals surface area contributed by atoms with Gasteiger partial charge in [0, 0.05) is 18.7 Å². The first-order valence-electron chi connectivity index (χ1n) is 10.6. The molecule has 0 aromatic heterocycles. The van der Waals surface area contributed by atoms with Crippen LogP contribution >= 0.6 is 0 Å². The molecule has 6 nitrogen and oxygen atoms in total. The molecular formula is C26H25FN2O4. The van der Waals surface area contributed by atoms with Gasteiger partial charge in [-0.2, -0.15) is 0 Å². The van der Waals surface area contributed by atoms with E-state index in [1.807, 2.05) is 24.3 Å². The van der Waals surface area contributed by atoms with Crippen LogP contribution in [0.25, 0.3) is 0 Å². The summed E-state index contributed by atoms with van der Waals surface area (Å²) in [7, 11) is 3.10. The molecule has 3 aromatic rings. The molecule has 1 aliphatic rings. The summed E-state index contributed by atoms with van der Waals surface area (Å²) in [5, 5.41) is 2.87. The first-order valence-corrected chi connectivity index (χ1v) is 10.6. The molecule has 1 N–H and O–H groups in total. The molecule has 2 amide bonds. The highest BCUT2D eigenvalue weighted by molar-refractivity contribution is 5.98. The summed E-state index contributed by atoms with van der Waals surface area (Å²) >= 11 is 0. The van der Waals surface area contributed by atoms with Crippen LogP contribution in [0, 0.1) is 5.82 Å². The molecule has 0 saturated carbocycles. The number of fused-ring (bicyclic) bond motifs is 1. The number of amides is 2. The molecule has 1 aliphatic heterocycles. The molecule has 0 bridgehead atoms. The summed E-state index contributed by atoms with van der Waals surface area (Å²) in [6.45, 7) is 0.686. The van der Waals surface area contributed by atoms with Crippen LogP contribution in [0.5, 0.6) is 11.5 Å². The number of hydrogen-bond acceptors (Lipinski definition) is 4. The Morgan fingerprint density at radius 3 is 2.45 bits per heavy atom. The smallest absolute Gasteiger partial charge is 0.255 e. The fourth-order valence-corrected chi connectivity index (χ4v) is 4.05. The molecule has 4 rings (SSSR count). The third kappa shape index (κ3) is 4.82. The van der Waals surface area contributed by atoms with Crippen LogP contribution in [0.2, 0.25) is 0 Å². The van der Waals surface area contributed by atoms with Crippen LogP contribution in [0.15, 0.2) is 66.7 Å². The third-order valence-electron chi connectivity index (χ3n) is 5.80. The zero-order valence-electron chi connectivity index (χ0n) is 18.5. The molecule has 1 atom stereocenters. The monoisotopic (exact) mass is 448 g/mol. The number of carbonyl (C=O) groups excluding carboxylic acids is 2. The van der Waals surface area contributed by atoms with Crippen molar-refractivity contribution in [2.45, 2.75) is 25.6 Å². The van der Waals surface area contributed by atoms with E-state index < -0.39 is 6.04 Å². The number of carbonyl (C=O) groups is 2. The molecule has 0 spiro atoms. The van der Waals surface area contributed by atoms with Gasteiger partial charge >= 0.3 is 0 Å². The van der Waals surface area contributed by atoms with Crippen LogP contribution in [0.1, 0.15) is 39.5 Å². The predicted octanol–water partition coefficient (Wildman–Crippen LogP) is 4.25. The van der Waals surface area contributed by atoms with Crippen molar-refractivity contribution in [2.24, 2.45) is 0 Å². The Morgan fingerprint density at radius 1 is 1.03 bits per heavy atom. The fourth-order valence-electron chi connectivity index (χ4n) is 4.05. The van der Waals surface area contributed by atoms with Crippen molar-refractivity contribution in [3.05, 3.63) is 94.8 Å². The average Bonchev–Trinajstić information content (AvgIpc) is 3.18. The zero-order chi connectivity index (χ0) is 23.4. The Hall–Kier alpha value is -3.87. The molecule has 0 fully saturated rings. The lowest BCUT2D eigenvalue weighted by molar-refractivity contribution is -0.122. The number of rotatable bonds is 8. The SMILES string of the molecule is COc1ccc(C(CC(=O)NCc2ccc(F)cc2)N2Cc3ccccc3C2=O)cc1OC. The highest BCUT2D eigenvalue weighted by Crippen LogP contribution is 2.37. The van der Waals surface area contributed by atoms with E-state index in [1.165, 1.54) is 12.1 Å². The van der Waals surface area contributed by atoms with E-state index in [0.717, 1.165) is 16.7 Å². The molecule has 0 saturated heterocycles. The summed E-state index contributed by atoms with van der Waals surface area (Å²) in [6.07, 6.45) is 0.0659. The van der Waals surface area contributed by atoms with Crippen LogP contribution in [-0.4, -0.2) is 30.9 Å². The van der Waals surface area contributed by atoms with Gasteiger partial charge in [-0.1, -0.05) is 36.4 Å². The molecule has 0 aliphatic carbocycles. The van der Waals surface area contributed by atoms with Crippen LogP contribution in [0.3, 0.4) is 0 Å². The molecule has 3 aromatic carbocycles. The topological polar surface area (TPSA) is 67.9 Å². The molecule has 1 unspecified atom stereocenters. The Balaban J connectivity index is 1.58. The van der Waals surface area contributed by atoms with Crippen LogP contribution in [0.4, 0.5) is 4.39 Å². The Morgan fingerprint density at radius 2 is 1.76 bits per heavy atom. The maximum atomic E-state index is 13.2. The first-order chi connectivity index (χ1) is 16.0. The highest BCUT2D eigenvalue weighted by Gasteiger charge is 2.34. The highest BCUT2D eigenvalue weighted by atomic mass is 19.1. The Kier molecular flexibility index (Phi) is 6.58. The van der Waals surface area contributed by atoms with Gasteiger partial charge in [0.05, 0.1) is 26.7 Å². The van der Waals surface area contributed by atoms with E-state index in [-0.39, 0.29) is 30.6 Å². The van der Waals surface area contributed by atoms with Crippen molar-refractivity contribution in [3.63, 3.8) is 0 Å². The van der Waals surface area contributed by atoms with Gasteiger partial charge in [0.1, 0.15) is 5.82 Å². The summed E-state index contributed by atoms with van der Waals surface area (Å²) < 4.78 is 23.9. The standard InChI is InChI=1S/C26H25FN2O4/c1-32-23-12-9-18(13-24(23)33-2)22(29-16-19-5-3-4-6-21(19)26(29)31)14-25(30)28-15-17-7-10-20(27)11-8-17/h3-13,22H,14-16H2,1-2H3,(H,28,30). The first kappa shape index (κ1) is 22.3. The molecule has 33 heavy (non-hydrogen) atoms. The van der Waals surface area contributed by atoms with Crippen LogP contribution in [-0.2, 0) is 17.9 Å². The van der Waals surface area contributed by atoms with Crippen molar-refractivity contribution in [2.75, 3.05) is 14.2 Å². The number of nitrogens with zero attached hydrogens (tertiary/aromatic N) is 1. The van der Waals surface area contributed by atoms with Crippen molar-refractivity contribution >= 4 is 11.8 Å². The molecule has 1 heterocycles. The maximum absolute atomic E-state index is 13.2. The van der Waals surface area contributed by atoms with Gasteiger partial charge in [-0.15, -0.1) is 0 Å². The largest absolute Gasteiger partial charge is 0.493 e. The van der Waals surface area contributed by atoms with Gasteiger partial charge < -0.3 is 19.7 Å². The van der Waals surface area contributed by atoms with Gasteiger partial charge in [-0.05, 0) is 47.0 Å². The lowest BCUT2D eigenvalue weighted by Crippen LogP contribution is -2.34. The number of methoxy groups -OCH3 is 2. The molecule has 7 heteroatoms. The van der Waals surface area contributed by atoms with Crippen molar-refractivity contribution in [1.29, 1.82) is 0 Å². The normalized spacial score (nSPS) is 13.4. The number of ether oxygens (including phenoxy) is 2. The number of hydrogen-bond donors (Lipinski definition) is 1. The number of nitrogens with one attached hydrogen (secondary N) is 1. The molecule has 170 valence electrons. The van der Waals surface area contributed by atoms with Crippen molar-refractivity contribution in [3.8, 4) is 11.5 Å². The second-order valence-electron chi connectivity index (χ2n) is 7.83. The fraction of sp³-hybridized carbons (Fsp3) is 0.231. The summed E-state index contributed by atoms with van der Waals surface area (Å²) in [5.41, 5.74) is 3.14. The van der Waals surface area contributed by atoms with E-state index >= 15 is 0 Å². The minimum Gasteiger partial charge on any atom is -0.493 e. The van der Waals surface area contributed by atoms with Gasteiger partial charge in [-0.25, -0.2) is 4.39 Å². The van der Waals surface area contributed by atoms with E-state index in [2.05, 4.69) is 5.32 Å². The second-order valence-corrected chi connectivity index (χ2v) is 7.83. The van der Waals surface area contributed by atoms with Gasteiger partial charge in [0.2, 0.25) is 5.91 Å². The second kappa shape index (κ2) is 9.73. The number of benzene rings is 3. The van der Waals surface area contributed by atoms with Crippen LogP contribution < -0.4 is 14.8 Å². The Labute approximate surface area is 191 Å². The number of halogens is 1. The predicted molar refractivity (Wildman–Crippen MR) is 121 cm³/mol. The minimum absolute atomic E-state index is 0.0659. The summed E-state index contributed by atoms with van der Waals surface area (Å²) in [6, 6.07) is 18.3. The molecular weight excluding hydrogens is 423 g/mol. The van der Waals surface area contributed by atoms with Gasteiger partial charge in [0.15, 0.2) is 11.5 Å². The third-order valence-corrected chi connectivity index (χ3v) is 5.80. The molecule has 0 radical (unpaired) electrons. The maximum Gasteiger partial charge on any atom is 0.255 e. The zero-order valence-corrected chi connectivity index (χ0v) is 18.5. The van der Waals surface area contributed by atoms with Gasteiger partial charge in [-0.3, -0.25) is 9.59 Å². The van der Waals surface area contributed by atoms with E-state index in [1.54, 1.807) is 49.5 Å². The summed E-state index contributed by atoms with van der Waals surface area (Å²) in [5.74, 6) is 0.429. The Bertz CT molecular complexity index is 1160. The van der Waals surface area contributed by atoms with E-state index in [0.29, 0.717) is 23.6 Å². The lowest BCUT2D eigenvalue weighted by atomic mass is 10.0. The van der Waals surface area contributed by atoms with Crippen molar-refractivity contribution < 1.29 is 23.5 Å². The lowest BCUT2D eigenvalue weighted by Gasteiger charge is -2.28. The average molecular weight is 448 g/mol. The van der Waals surface area contributed by atoms with E-state index in [4.69, 9.17) is 9.47 Å².